The van der Waals surface area contributed by atoms with Crippen molar-refractivity contribution in [3.8, 4) is 0 Å². The standard InChI is InChI=1S/C13H18N2O/c1-9-3-4-11(10(2)5-9)7-15-8-12(14)6-13(15)16/h3-5,12H,6-8,14H2,1-2H3. The van der Waals surface area contributed by atoms with E-state index in [1.165, 1.54) is 16.7 Å². The van der Waals surface area contributed by atoms with Gasteiger partial charge in [-0.1, -0.05) is 23.8 Å². The molecule has 0 spiro atoms. The van der Waals surface area contributed by atoms with Crippen LogP contribution >= 0.6 is 0 Å². The van der Waals surface area contributed by atoms with Crippen LogP contribution in [0.4, 0.5) is 0 Å². The quantitative estimate of drug-likeness (QED) is 0.814. The Balaban J connectivity index is 2.12. The number of likely N-dealkylation sites (tertiary alicyclic amines) is 1. The van der Waals surface area contributed by atoms with E-state index >= 15 is 0 Å². The number of hydrogen-bond acceptors (Lipinski definition) is 2. The summed E-state index contributed by atoms with van der Waals surface area (Å²) < 4.78 is 0. The molecular formula is C13H18N2O. The molecule has 1 amide bonds. The number of nitrogens with two attached hydrogens (primary N) is 1. The monoisotopic (exact) mass is 218 g/mol. The molecular weight excluding hydrogens is 200 g/mol. The van der Waals surface area contributed by atoms with Gasteiger partial charge in [-0.05, 0) is 25.0 Å². The van der Waals surface area contributed by atoms with Gasteiger partial charge in [0.05, 0.1) is 0 Å². The molecule has 1 fully saturated rings. The fraction of sp³-hybridized carbons (Fsp3) is 0.462. The zero-order valence-electron chi connectivity index (χ0n) is 9.86. The van der Waals surface area contributed by atoms with Crippen LogP contribution in [-0.4, -0.2) is 23.4 Å². The van der Waals surface area contributed by atoms with Gasteiger partial charge in [-0.2, -0.15) is 0 Å². The van der Waals surface area contributed by atoms with E-state index in [1.54, 1.807) is 0 Å². The summed E-state index contributed by atoms with van der Waals surface area (Å²) in [5, 5.41) is 0. The molecule has 0 bridgehead atoms. The summed E-state index contributed by atoms with van der Waals surface area (Å²) in [4.78, 5) is 13.5. The third-order valence-corrected chi connectivity index (χ3v) is 3.10. The van der Waals surface area contributed by atoms with E-state index in [0.29, 0.717) is 19.5 Å². The van der Waals surface area contributed by atoms with Crippen molar-refractivity contribution >= 4 is 5.91 Å². The predicted octanol–water partition coefficient (Wildman–Crippen LogP) is 1.36. The summed E-state index contributed by atoms with van der Waals surface area (Å²) >= 11 is 0. The Morgan fingerprint density at radius 3 is 2.75 bits per heavy atom. The lowest BCUT2D eigenvalue weighted by atomic mass is 10.1. The van der Waals surface area contributed by atoms with Crippen LogP contribution in [0.2, 0.25) is 0 Å². The molecule has 0 saturated carbocycles. The van der Waals surface area contributed by atoms with Crippen LogP contribution in [0.25, 0.3) is 0 Å². The van der Waals surface area contributed by atoms with Crippen molar-refractivity contribution in [3.63, 3.8) is 0 Å². The van der Waals surface area contributed by atoms with Crippen LogP contribution in [0.3, 0.4) is 0 Å². The minimum absolute atomic E-state index is 0.0123. The molecule has 86 valence electrons. The number of aryl methyl sites for hydroxylation is 2. The molecule has 1 aromatic carbocycles. The van der Waals surface area contributed by atoms with Crippen LogP contribution < -0.4 is 5.73 Å². The lowest BCUT2D eigenvalue weighted by Crippen LogP contribution is -2.28. The van der Waals surface area contributed by atoms with Crippen LogP contribution in [0.1, 0.15) is 23.1 Å². The number of hydrogen-bond donors (Lipinski definition) is 1. The first-order valence-corrected chi connectivity index (χ1v) is 5.66. The molecule has 1 atom stereocenters. The number of rotatable bonds is 2. The predicted molar refractivity (Wildman–Crippen MR) is 63.9 cm³/mol. The second kappa shape index (κ2) is 4.26. The third kappa shape index (κ3) is 2.25. The average Bonchev–Trinajstić information content (AvgIpc) is 2.50. The minimum Gasteiger partial charge on any atom is -0.337 e. The molecule has 16 heavy (non-hydrogen) atoms. The smallest absolute Gasteiger partial charge is 0.224 e. The first-order valence-electron chi connectivity index (χ1n) is 5.66. The van der Waals surface area contributed by atoms with Gasteiger partial charge < -0.3 is 10.6 Å². The number of carbonyl (C=O) groups excluding carboxylic acids is 1. The van der Waals surface area contributed by atoms with Crippen LogP contribution in [0.5, 0.6) is 0 Å². The van der Waals surface area contributed by atoms with E-state index in [0.717, 1.165) is 0 Å². The maximum Gasteiger partial charge on any atom is 0.224 e. The summed E-state index contributed by atoms with van der Waals surface area (Å²) in [6, 6.07) is 6.35. The molecule has 1 aromatic rings. The molecule has 3 nitrogen and oxygen atoms in total. The Labute approximate surface area is 96.2 Å². The lowest BCUT2D eigenvalue weighted by molar-refractivity contribution is -0.128. The van der Waals surface area contributed by atoms with Gasteiger partial charge in [0.1, 0.15) is 0 Å². The summed E-state index contributed by atoms with van der Waals surface area (Å²) in [7, 11) is 0. The van der Waals surface area contributed by atoms with Gasteiger partial charge in [-0.25, -0.2) is 0 Å². The number of amides is 1. The van der Waals surface area contributed by atoms with Crippen molar-refractivity contribution in [3.05, 3.63) is 34.9 Å². The molecule has 0 radical (unpaired) electrons. The zero-order valence-corrected chi connectivity index (χ0v) is 9.86. The van der Waals surface area contributed by atoms with Gasteiger partial charge in [-0.15, -0.1) is 0 Å². The van der Waals surface area contributed by atoms with E-state index in [2.05, 4.69) is 32.0 Å². The van der Waals surface area contributed by atoms with Gasteiger partial charge in [0.15, 0.2) is 0 Å². The van der Waals surface area contributed by atoms with Crippen molar-refractivity contribution in [2.45, 2.75) is 32.9 Å². The second-order valence-corrected chi connectivity index (χ2v) is 4.67. The van der Waals surface area contributed by atoms with E-state index in [-0.39, 0.29) is 11.9 Å². The molecule has 2 rings (SSSR count). The minimum atomic E-state index is 0.0123. The maximum absolute atomic E-state index is 11.6. The number of benzene rings is 1. The summed E-state index contributed by atoms with van der Waals surface area (Å²) in [6.45, 7) is 5.54. The molecule has 3 heteroatoms. The number of nitrogens with zero attached hydrogens (tertiary/aromatic N) is 1. The highest BCUT2D eigenvalue weighted by Crippen LogP contribution is 2.17. The topological polar surface area (TPSA) is 46.3 Å². The molecule has 1 aliphatic heterocycles. The Kier molecular flexibility index (Phi) is 2.97. The van der Waals surface area contributed by atoms with E-state index in [1.807, 2.05) is 4.90 Å². The van der Waals surface area contributed by atoms with Gasteiger partial charge in [0.2, 0.25) is 5.91 Å². The molecule has 1 unspecified atom stereocenters. The molecule has 1 saturated heterocycles. The molecule has 2 N–H and O–H groups in total. The van der Waals surface area contributed by atoms with Crippen molar-refractivity contribution in [2.75, 3.05) is 6.54 Å². The highest BCUT2D eigenvalue weighted by molar-refractivity contribution is 5.79. The van der Waals surface area contributed by atoms with Crippen LogP contribution in [0, 0.1) is 13.8 Å². The Bertz CT molecular complexity index is 414. The average molecular weight is 218 g/mol. The summed E-state index contributed by atoms with van der Waals surface area (Å²) in [6.07, 6.45) is 0.491. The Morgan fingerprint density at radius 2 is 2.19 bits per heavy atom. The normalized spacial score (nSPS) is 20.6. The van der Waals surface area contributed by atoms with E-state index in [9.17, 15) is 4.79 Å². The largest absolute Gasteiger partial charge is 0.337 e. The zero-order chi connectivity index (χ0) is 11.7. The number of carbonyl (C=O) groups is 1. The van der Waals surface area contributed by atoms with Crippen molar-refractivity contribution in [2.24, 2.45) is 5.73 Å². The molecule has 1 heterocycles. The maximum atomic E-state index is 11.6. The Hall–Kier alpha value is -1.35. The first kappa shape index (κ1) is 11.1. The van der Waals surface area contributed by atoms with Crippen molar-refractivity contribution in [1.29, 1.82) is 0 Å². The second-order valence-electron chi connectivity index (χ2n) is 4.67. The van der Waals surface area contributed by atoms with Crippen LogP contribution in [0.15, 0.2) is 18.2 Å². The first-order chi connectivity index (χ1) is 7.56. The van der Waals surface area contributed by atoms with Crippen molar-refractivity contribution < 1.29 is 4.79 Å². The highest BCUT2D eigenvalue weighted by Gasteiger charge is 2.26. The fourth-order valence-corrected chi connectivity index (χ4v) is 2.18. The van der Waals surface area contributed by atoms with E-state index in [4.69, 9.17) is 5.73 Å². The Morgan fingerprint density at radius 1 is 1.44 bits per heavy atom. The van der Waals surface area contributed by atoms with Gasteiger partial charge >= 0.3 is 0 Å². The lowest BCUT2D eigenvalue weighted by Gasteiger charge is -2.17. The van der Waals surface area contributed by atoms with Crippen LogP contribution in [-0.2, 0) is 11.3 Å². The molecule has 0 aromatic heterocycles. The third-order valence-electron chi connectivity index (χ3n) is 3.10. The highest BCUT2D eigenvalue weighted by atomic mass is 16.2. The van der Waals surface area contributed by atoms with Gasteiger partial charge in [0.25, 0.3) is 0 Å². The molecule has 0 aliphatic carbocycles. The SMILES string of the molecule is Cc1ccc(CN2CC(N)CC2=O)c(C)c1. The van der Waals surface area contributed by atoms with Gasteiger partial charge in [-0.3, -0.25) is 4.79 Å². The summed E-state index contributed by atoms with van der Waals surface area (Å²) in [5.41, 5.74) is 9.48. The molecule has 1 aliphatic rings. The van der Waals surface area contributed by atoms with Gasteiger partial charge in [0, 0.05) is 25.6 Å². The fourth-order valence-electron chi connectivity index (χ4n) is 2.18. The van der Waals surface area contributed by atoms with Crippen molar-refractivity contribution in [1.82, 2.24) is 4.90 Å². The van der Waals surface area contributed by atoms with E-state index < -0.39 is 0 Å². The summed E-state index contributed by atoms with van der Waals surface area (Å²) in [5.74, 6) is 0.174.